The van der Waals surface area contributed by atoms with Crippen LogP contribution >= 0.6 is 23.5 Å². The van der Waals surface area contributed by atoms with Crippen LogP contribution in [0.15, 0.2) is 11.1 Å². The third-order valence-electron chi connectivity index (χ3n) is 4.29. The van der Waals surface area contributed by atoms with Crippen molar-refractivity contribution in [3.8, 4) is 0 Å². The van der Waals surface area contributed by atoms with Crippen LogP contribution in [0.2, 0.25) is 0 Å². The van der Waals surface area contributed by atoms with Gasteiger partial charge in [-0.05, 0) is 6.92 Å². The SMILES string of the molecule is C[C@]1(COP(=O)(O)OP(=O)(O)OP(=O)(O)O)OC(n2cnc3c(=O)[nH]c(N)nc32)[C@H](O)[C@@H]1O. The van der Waals surface area contributed by atoms with Crippen molar-refractivity contribution in [2.75, 3.05) is 12.3 Å². The average molecular weight is 537 g/mol. The Balaban J connectivity index is 1.79. The Bertz CT molecular complexity index is 1260. The molecule has 0 radical (unpaired) electrons. The first-order valence-electron chi connectivity index (χ1n) is 8.48. The van der Waals surface area contributed by atoms with E-state index in [0.29, 0.717) is 0 Å². The Kier molecular flexibility index (Phi) is 6.78. The van der Waals surface area contributed by atoms with E-state index in [1.807, 2.05) is 0 Å². The van der Waals surface area contributed by atoms with Gasteiger partial charge in [0.15, 0.2) is 17.4 Å². The fourth-order valence-electron chi connectivity index (χ4n) is 2.92. The minimum atomic E-state index is -5.75. The fraction of sp³-hybridized carbons (Fsp3) is 0.545. The molecule has 186 valence electrons. The van der Waals surface area contributed by atoms with E-state index in [1.54, 1.807) is 0 Å². The van der Waals surface area contributed by atoms with Crippen LogP contribution in [0.5, 0.6) is 0 Å². The standard InChI is InChI=1S/C11H18N5O14P3/c1-11(2-27-32(23,24)30-33(25,26)29-31(20,21)22)6(18)5(17)9(28-11)16-3-13-4-7(16)14-10(12)15-8(4)19/h3,5-6,9,17-18H,2H2,1H3,(H,23,24)(H,25,26)(H2,20,21,22)(H3,12,14,15,19)/t5-,6+,9?,11-/m1/s1. The molecule has 3 heterocycles. The van der Waals surface area contributed by atoms with Crippen LogP contribution in [0.4, 0.5) is 5.95 Å². The fourth-order valence-corrected chi connectivity index (χ4v) is 6.03. The van der Waals surface area contributed by atoms with Crippen molar-refractivity contribution in [1.82, 2.24) is 19.5 Å². The number of nitrogens with two attached hydrogens (primary N) is 1. The first kappa shape index (κ1) is 26.1. The number of aromatic nitrogens is 4. The summed E-state index contributed by atoms with van der Waals surface area (Å²) >= 11 is 0. The molecular weight excluding hydrogens is 519 g/mol. The number of phosphoric ester groups is 1. The van der Waals surface area contributed by atoms with Crippen LogP contribution in [0, 0.1) is 0 Å². The molecule has 1 aliphatic rings. The van der Waals surface area contributed by atoms with Gasteiger partial charge in [0.2, 0.25) is 5.95 Å². The smallest absolute Gasteiger partial charge is 0.387 e. The van der Waals surface area contributed by atoms with Crippen molar-refractivity contribution >= 4 is 40.6 Å². The molecule has 1 aliphatic heterocycles. The summed E-state index contributed by atoms with van der Waals surface area (Å²) in [6.07, 6.45) is -3.92. The topological polar surface area (TPSA) is 299 Å². The first-order valence-corrected chi connectivity index (χ1v) is 13.0. The predicted octanol–water partition coefficient (Wildman–Crippen LogP) is -1.95. The molecule has 33 heavy (non-hydrogen) atoms. The maximum atomic E-state index is 11.9. The molecule has 6 atom stereocenters. The van der Waals surface area contributed by atoms with Crippen LogP contribution in [-0.4, -0.2) is 73.7 Å². The van der Waals surface area contributed by atoms with Gasteiger partial charge in [-0.1, -0.05) is 0 Å². The van der Waals surface area contributed by atoms with Gasteiger partial charge in [0.25, 0.3) is 5.56 Å². The summed E-state index contributed by atoms with van der Waals surface area (Å²) in [6.45, 7) is 0.0769. The van der Waals surface area contributed by atoms with Crippen molar-refractivity contribution in [2.24, 2.45) is 0 Å². The lowest BCUT2D eigenvalue weighted by molar-refractivity contribution is -0.113. The molecule has 3 unspecified atom stereocenters. The predicted molar refractivity (Wildman–Crippen MR) is 103 cm³/mol. The van der Waals surface area contributed by atoms with Crippen LogP contribution in [-0.2, 0) is 31.6 Å². The number of rotatable bonds is 8. The highest BCUT2D eigenvalue weighted by Crippen LogP contribution is 2.66. The number of aromatic amines is 1. The molecule has 0 saturated carbocycles. The molecule has 0 bridgehead atoms. The summed E-state index contributed by atoms with van der Waals surface area (Å²) in [7, 11) is -16.9. The van der Waals surface area contributed by atoms with Crippen molar-refractivity contribution in [1.29, 1.82) is 0 Å². The monoisotopic (exact) mass is 537 g/mol. The van der Waals surface area contributed by atoms with E-state index >= 15 is 0 Å². The number of hydrogen-bond donors (Lipinski definition) is 8. The summed E-state index contributed by atoms with van der Waals surface area (Å²) < 4.78 is 52.3. The highest BCUT2D eigenvalue weighted by molar-refractivity contribution is 7.66. The van der Waals surface area contributed by atoms with Gasteiger partial charge in [-0.15, -0.1) is 0 Å². The number of hydrogen-bond acceptors (Lipinski definition) is 13. The second-order valence-electron chi connectivity index (χ2n) is 6.90. The molecular formula is C11H18N5O14P3. The second-order valence-corrected chi connectivity index (χ2v) is 11.3. The quantitative estimate of drug-likeness (QED) is 0.170. The molecule has 9 N–H and O–H groups in total. The number of imidazole rings is 1. The van der Waals surface area contributed by atoms with Gasteiger partial charge >= 0.3 is 23.5 Å². The van der Waals surface area contributed by atoms with E-state index in [2.05, 4.69) is 28.1 Å². The van der Waals surface area contributed by atoms with Gasteiger partial charge in [0.1, 0.15) is 17.8 Å². The Morgan fingerprint density at radius 1 is 1.21 bits per heavy atom. The lowest BCUT2D eigenvalue weighted by Crippen LogP contribution is -2.44. The Morgan fingerprint density at radius 2 is 1.85 bits per heavy atom. The summed E-state index contributed by atoms with van der Waals surface area (Å²) in [6, 6.07) is 0. The largest absolute Gasteiger partial charge is 0.490 e. The average Bonchev–Trinajstić information content (AvgIpc) is 3.12. The maximum absolute atomic E-state index is 11.9. The number of aliphatic hydroxyl groups is 2. The summed E-state index contributed by atoms with van der Waals surface area (Å²) in [5, 5.41) is 20.8. The number of anilines is 1. The molecule has 0 aromatic carbocycles. The number of nitrogens with one attached hydrogen (secondary N) is 1. The first-order chi connectivity index (χ1) is 14.9. The van der Waals surface area contributed by atoms with E-state index in [4.69, 9.17) is 20.3 Å². The third-order valence-corrected chi connectivity index (χ3v) is 8.07. The molecule has 1 saturated heterocycles. The van der Waals surface area contributed by atoms with Crippen molar-refractivity contribution < 1.29 is 61.4 Å². The molecule has 2 aromatic rings. The minimum Gasteiger partial charge on any atom is -0.387 e. The van der Waals surface area contributed by atoms with Gasteiger partial charge in [-0.2, -0.15) is 13.6 Å². The van der Waals surface area contributed by atoms with E-state index in [9.17, 15) is 38.5 Å². The number of H-pyrrole nitrogens is 1. The second kappa shape index (κ2) is 8.58. The number of aliphatic hydroxyl groups excluding tert-OH is 2. The van der Waals surface area contributed by atoms with Crippen LogP contribution in [0.1, 0.15) is 13.2 Å². The number of phosphoric acid groups is 3. The molecule has 3 rings (SSSR count). The number of ether oxygens (including phenoxy) is 1. The van der Waals surface area contributed by atoms with Gasteiger partial charge in [-0.25, -0.2) is 18.7 Å². The van der Waals surface area contributed by atoms with Crippen molar-refractivity contribution in [2.45, 2.75) is 31.0 Å². The molecule has 2 aromatic heterocycles. The summed E-state index contributed by atoms with van der Waals surface area (Å²) in [4.78, 5) is 57.7. The summed E-state index contributed by atoms with van der Waals surface area (Å²) in [5.41, 5.74) is 2.55. The van der Waals surface area contributed by atoms with Gasteiger partial charge < -0.3 is 40.3 Å². The normalized spacial score (nSPS) is 29.7. The van der Waals surface area contributed by atoms with Crippen molar-refractivity contribution in [3.05, 3.63) is 16.7 Å². The molecule has 0 aliphatic carbocycles. The molecule has 0 amide bonds. The van der Waals surface area contributed by atoms with Gasteiger partial charge in [-0.3, -0.25) is 18.9 Å². The highest BCUT2D eigenvalue weighted by Gasteiger charge is 2.54. The number of nitrogen functional groups attached to an aromatic ring is 1. The highest BCUT2D eigenvalue weighted by atomic mass is 31.3. The van der Waals surface area contributed by atoms with E-state index in [-0.39, 0.29) is 17.1 Å². The Labute approximate surface area is 182 Å². The van der Waals surface area contributed by atoms with E-state index < -0.39 is 59.7 Å². The molecule has 1 fully saturated rings. The zero-order chi connectivity index (χ0) is 25.0. The van der Waals surface area contributed by atoms with Crippen LogP contribution < -0.4 is 11.3 Å². The molecule has 0 spiro atoms. The van der Waals surface area contributed by atoms with E-state index in [0.717, 1.165) is 17.8 Å². The van der Waals surface area contributed by atoms with E-state index in [1.165, 1.54) is 0 Å². The van der Waals surface area contributed by atoms with Crippen LogP contribution in [0.3, 0.4) is 0 Å². The molecule has 22 heteroatoms. The van der Waals surface area contributed by atoms with Gasteiger partial charge in [0, 0.05) is 0 Å². The van der Waals surface area contributed by atoms with Crippen LogP contribution in [0.25, 0.3) is 11.2 Å². The minimum absolute atomic E-state index is 0.121. The zero-order valence-electron chi connectivity index (χ0n) is 16.2. The van der Waals surface area contributed by atoms with Gasteiger partial charge in [0.05, 0.1) is 12.9 Å². The third kappa shape index (κ3) is 5.75. The Hall–Kier alpha value is -1.56. The lowest BCUT2D eigenvalue weighted by Gasteiger charge is -2.28. The number of nitrogens with zero attached hydrogens (tertiary/aromatic N) is 3. The maximum Gasteiger partial charge on any atom is 0.490 e. The Morgan fingerprint density at radius 3 is 2.45 bits per heavy atom. The zero-order valence-corrected chi connectivity index (χ0v) is 18.9. The number of fused-ring (bicyclic) bond motifs is 1. The van der Waals surface area contributed by atoms with Crippen molar-refractivity contribution in [3.63, 3.8) is 0 Å². The molecule has 19 nitrogen and oxygen atoms in total. The summed E-state index contributed by atoms with van der Waals surface area (Å²) in [5.74, 6) is -0.280. The lowest BCUT2D eigenvalue weighted by atomic mass is 9.99.